The number of anilines is 1. The Hall–Kier alpha value is -1.51. The van der Waals surface area contributed by atoms with Crippen molar-refractivity contribution in [2.24, 2.45) is 17.8 Å². The van der Waals surface area contributed by atoms with Gasteiger partial charge in [-0.25, -0.2) is 0 Å². The van der Waals surface area contributed by atoms with E-state index in [9.17, 15) is 4.79 Å². The molecular weight excluding hydrogens is 274 g/mol. The monoisotopic (exact) mass is 303 g/mol. The fourth-order valence-corrected chi connectivity index (χ4v) is 3.43. The van der Waals surface area contributed by atoms with E-state index in [2.05, 4.69) is 19.2 Å². The van der Waals surface area contributed by atoms with Gasteiger partial charge in [0.2, 0.25) is 5.91 Å². The van der Waals surface area contributed by atoms with Crippen LogP contribution in [0, 0.1) is 24.7 Å². The van der Waals surface area contributed by atoms with Crippen LogP contribution in [0.25, 0.3) is 0 Å². The van der Waals surface area contributed by atoms with Crippen LogP contribution < -0.4 is 10.1 Å². The van der Waals surface area contributed by atoms with Crippen LogP contribution in [0.15, 0.2) is 18.2 Å². The zero-order valence-corrected chi connectivity index (χ0v) is 14.3. The third-order valence-electron chi connectivity index (χ3n) is 5.27. The maximum absolute atomic E-state index is 12.4. The molecule has 3 heteroatoms. The lowest BCUT2D eigenvalue weighted by atomic mass is 9.75. The van der Waals surface area contributed by atoms with E-state index in [4.69, 9.17) is 4.74 Å². The fraction of sp³-hybridized carbons (Fsp3) is 0.632. The van der Waals surface area contributed by atoms with Crippen LogP contribution in [0.1, 0.15) is 51.5 Å². The third kappa shape index (κ3) is 4.02. The number of hydrogen-bond donors (Lipinski definition) is 1. The molecule has 0 radical (unpaired) electrons. The van der Waals surface area contributed by atoms with Gasteiger partial charge in [0.05, 0.1) is 7.11 Å². The molecule has 122 valence electrons. The summed E-state index contributed by atoms with van der Waals surface area (Å²) in [6.07, 6.45) is 5.65. The summed E-state index contributed by atoms with van der Waals surface area (Å²) in [6, 6.07) is 5.83. The minimum absolute atomic E-state index is 0.160. The van der Waals surface area contributed by atoms with E-state index in [1.807, 2.05) is 25.1 Å². The molecule has 0 bridgehead atoms. The lowest BCUT2D eigenvalue weighted by Gasteiger charge is -2.31. The molecule has 1 unspecified atom stereocenters. The molecule has 1 aliphatic carbocycles. The molecule has 1 saturated carbocycles. The first-order valence-corrected chi connectivity index (χ1v) is 8.50. The second-order valence-corrected chi connectivity index (χ2v) is 6.67. The topological polar surface area (TPSA) is 38.3 Å². The standard InChI is InChI=1S/C19H29NO2/c1-5-13(2)15-7-9-16(10-8-15)19(21)20-17-11-6-14(3)18(12-17)22-4/h6,11-13,15-16H,5,7-10H2,1-4H3,(H,20,21). The fourth-order valence-electron chi connectivity index (χ4n) is 3.43. The molecule has 1 N–H and O–H groups in total. The van der Waals surface area contributed by atoms with Crippen LogP contribution in [0.2, 0.25) is 0 Å². The van der Waals surface area contributed by atoms with E-state index in [-0.39, 0.29) is 11.8 Å². The third-order valence-corrected chi connectivity index (χ3v) is 5.27. The number of carbonyl (C=O) groups excluding carboxylic acids is 1. The molecule has 0 spiro atoms. The van der Waals surface area contributed by atoms with Gasteiger partial charge < -0.3 is 10.1 Å². The van der Waals surface area contributed by atoms with E-state index in [1.54, 1.807) is 7.11 Å². The maximum Gasteiger partial charge on any atom is 0.227 e. The van der Waals surface area contributed by atoms with Gasteiger partial charge in [0.1, 0.15) is 5.75 Å². The molecule has 1 aliphatic rings. The summed E-state index contributed by atoms with van der Waals surface area (Å²) < 4.78 is 5.31. The Labute approximate surface area is 134 Å². The molecule has 1 amide bonds. The SMILES string of the molecule is CCC(C)C1CCC(C(=O)Nc2ccc(C)c(OC)c2)CC1. The summed E-state index contributed by atoms with van der Waals surface area (Å²) in [5.41, 5.74) is 1.91. The second-order valence-electron chi connectivity index (χ2n) is 6.67. The van der Waals surface area contributed by atoms with Crippen molar-refractivity contribution in [3.05, 3.63) is 23.8 Å². The van der Waals surface area contributed by atoms with Gasteiger partial charge in [-0.05, 0) is 56.1 Å². The van der Waals surface area contributed by atoms with Gasteiger partial charge in [-0.1, -0.05) is 26.3 Å². The lowest BCUT2D eigenvalue weighted by molar-refractivity contribution is -0.121. The van der Waals surface area contributed by atoms with Gasteiger partial charge in [-0.3, -0.25) is 4.79 Å². The highest BCUT2D eigenvalue weighted by atomic mass is 16.5. The zero-order chi connectivity index (χ0) is 16.1. The lowest BCUT2D eigenvalue weighted by Crippen LogP contribution is -2.28. The minimum atomic E-state index is 0.160. The summed E-state index contributed by atoms with van der Waals surface area (Å²) >= 11 is 0. The van der Waals surface area contributed by atoms with Gasteiger partial charge in [0, 0.05) is 17.7 Å². The average molecular weight is 303 g/mol. The van der Waals surface area contributed by atoms with E-state index in [0.717, 1.165) is 41.7 Å². The largest absolute Gasteiger partial charge is 0.496 e. The number of ether oxygens (including phenoxy) is 1. The second kappa shape index (κ2) is 7.66. The van der Waals surface area contributed by atoms with Gasteiger partial charge in [-0.15, -0.1) is 0 Å². The number of nitrogens with one attached hydrogen (secondary N) is 1. The Morgan fingerprint density at radius 1 is 1.32 bits per heavy atom. The number of methoxy groups -OCH3 is 1. The van der Waals surface area contributed by atoms with Crippen LogP contribution >= 0.6 is 0 Å². The minimum Gasteiger partial charge on any atom is -0.496 e. The summed E-state index contributed by atoms with van der Waals surface area (Å²) in [5, 5.41) is 3.05. The number of rotatable bonds is 5. The normalized spacial score (nSPS) is 22.9. The molecule has 1 aromatic rings. The number of carbonyl (C=O) groups is 1. The Balaban J connectivity index is 1.91. The summed E-state index contributed by atoms with van der Waals surface area (Å²) in [6.45, 7) is 6.60. The van der Waals surface area contributed by atoms with Crippen molar-refractivity contribution in [2.75, 3.05) is 12.4 Å². The number of hydrogen-bond acceptors (Lipinski definition) is 2. The van der Waals surface area contributed by atoms with Crippen molar-refractivity contribution in [1.82, 2.24) is 0 Å². The van der Waals surface area contributed by atoms with Crippen molar-refractivity contribution < 1.29 is 9.53 Å². The number of benzene rings is 1. The Morgan fingerprint density at radius 3 is 2.59 bits per heavy atom. The highest BCUT2D eigenvalue weighted by Gasteiger charge is 2.28. The molecular formula is C19H29NO2. The van der Waals surface area contributed by atoms with Crippen LogP contribution in [0.3, 0.4) is 0 Å². The van der Waals surface area contributed by atoms with E-state index in [0.29, 0.717) is 0 Å². The number of aryl methyl sites for hydroxylation is 1. The van der Waals surface area contributed by atoms with Crippen molar-refractivity contribution in [2.45, 2.75) is 52.9 Å². The predicted octanol–water partition coefficient (Wildman–Crippen LogP) is 4.79. The summed E-state index contributed by atoms with van der Waals surface area (Å²) in [5.74, 6) is 2.72. The smallest absolute Gasteiger partial charge is 0.227 e. The summed E-state index contributed by atoms with van der Waals surface area (Å²) in [7, 11) is 1.66. The van der Waals surface area contributed by atoms with Gasteiger partial charge in [0.25, 0.3) is 0 Å². The zero-order valence-electron chi connectivity index (χ0n) is 14.3. The molecule has 1 atom stereocenters. The maximum atomic E-state index is 12.4. The van der Waals surface area contributed by atoms with Gasteiger partial charge >= 0.3 is 0 Å². The van der Waals surface area contributed by atoms with Gasteiger partial charge in [0.15, 0.2) is 0 Å². The van der Waals surface area contributed by atoms with E-state index in [1.165, 1.54) is 19.3 Å². The highest BCUT2D eigenvalue weighted by molar-refractivity contribution is 5.92. The molecule has 3 nitrogen and oxygen atoms in total. The first-order valence-electron chi connectivity index (χ1n) is 8.50. The first-order chi connectivity index (χ1) is 10.5. The van der Waals surface area contributed by atoms with Crippen molar-refractivity contribution in [3.63, 3.8) is 0 Å². The molecule has 0 heterocycles. The molecule has 22 heavy (non-hydrogen) atoms. The Kier molecular flexibility index (Phi) is 5.87. The number of amides is 1. The molecule has 0 saturated heterocycles. The van der Waals surface area contributed by atoms with Crippen LogP contribution in [-0.4, -0.2) is 13.0 Å². The first kappa shape index (κ1) is 16.9. The Bertz CT molecular complexity index is 504. The van der Waals surface area contributed by atoms with Crippen LogP contribution in [-0.2, 0) is 4.79 Å². The summed E-state index contributed by atoms with van der Waals surface area (Å²) in [4.78, 5) is 12.4. The van der Waals surface area contributed by atoms with Crippen molar-refractivity contribution in [1.29, 1.82) is 0 Å². The van der Waals surface area contributed by atoms with Crippen molar-refractivity contribution in [3.8, 4) is 5.75 Å². The molecule has 0 aliphatic heterocycles. The molecule has 0 aromatic heterocycles. The van der Waals surface area contributed by atoms with Crippen molar-refractivity contribution >= 4 is 11.6 Å². The van der Waals surface area contributed by atoms with Crippen LogP contribution in [0.5, 0.6) is 5.75 Å². The predicted molar refractivity (Wildman–Crippen MR) is 91.3 cm³/mol. The Morgan fingerprint density at radius 2 is 2.00 bits per heavy atom. The molecule has 2 rings (SSSR count). The molecule has 1 aromatic carbocycles. The average Bonchev–Trinajstić information content (AvgIpc) is 2.55. The van der Waals surface area contributed by atoms with Crippen LogP contribution in [0.4, 0.5) is 5.69 Å². The van der Waals surface area contributed by atoms with E-state index >= 15 is 0 Å². The quantitative estimate of drug-likeness (QED) is 0.849. The molecule has 1 fully saturated rings. The van der Waals surface area contributed by atoms with E-state index < -0.39 is 0 Å². The van der Waals surface area contributed by atoms with Gasteiger partial charge in [-0.2, -0.15) is 0 Å². The highest BCUT2D eigenvalue weighted by Crippen LogP contribution is 2.35.